The first-order chi connectivity index (χ1) is 6.45. The fourth-order valence-corrected chi connectivity index (χ4v) is 1.38. The average Bonchev–Trinajstić information content (AvgIpc) is 2.45. The van der Waals surface area contributed by atoms with Crippen LogP contribution in [0.1, 0.15) is 18.7 Å². The fraction of sp³-hybridized carbons (Fsp3) is 0.500. The van der Waals surface area contributed by atoms with Crippen molar-refractivity contribution in [3.05, 3.63) is 22.6 Å². The second kappa shape index (κ2) is 4.35. The maximum Gasteiger partial charge on any atom is 0.410 e. The maximum absolute atomic E-state index is 12.5. The Kier molecular flexibility index (Phi) is 3.60. The molecule has 0 aliphatic heterocycles. The largest absolute Gasteiger partial charge is 0.452 e. The number of hydrogen-bond donors (Lipinski definition) is 1. The Labute approximate surface area is 87.6 Å². The van der Waals surface area contributed by atoms with Gasteiger partial charge in [-0.05, 0) is 34.6 Å². The van der Waals surface area contributed by atoms with E-state index in [0.717, 1.165) is 0 Å². The fourth-order valence-electron chi connectivity index (χ4n) is 1.07. The summed E-state index contributed by atoms with van der Waals surface area (Å²) in [7, 11) is 0. The van der Waals surface area contributed by atoms with E-state index in [-0.39, 0.29) is 12.3 Å². The van der Waals surface area contributed by atoms with Crippen LogP contribution in [0.5, 0.6) is 0 Å². The predicted molar refractivity (Wildman–Crippen MR) is 48.9 cm³/mol. The monoisotopic (exact) mass is 271 g/mol. The Morgan fingerprint density at radius 3 is 2.50 bits per heavy atom. The lowest BCUT2D eigenvalue weighted by Crippen LogP contribution is -2.33. The van der Waals surface area contributed by atoms with Crippen molar-refractivity contribution < 1.29 is 17.6 Å². The molecule has 0 aliphatic carbocycles. The van der Waals surface area contributed by atoms with Gasteiger partial charge in [-0.25, -0.2) is 0 Å². The van der Waals surface area contributed by atoms with Crippen LogP contribution < -0.4 is 5.32 Å². The molecule has 1 unspecified atom stereocenters. The van der Waals surface area contributed by atoms with E-state index in [1.807, 2.05) is 0 Å². The lowest BCUT2D eigenvalue weighted by molar-refractivity contribution is -0.161. The van der Waals surface area contributed by atoms with Gasteiger partial charge in [-0.2, -0.15) is 13.2 Å². The molecular formula is C8H9BrF3NO. The van der Waals surface area contributed by atoms with Crippen LogP contribution in [0.15, 0.2) is 21.2 Å². The summed E-state index contributed by atoms with van der Waals surface area (Å²) in [5.74, 6) is -0.133. The molecule has 0 aliphatic rings. The average molecular weight is 272 g/mol. The lowest BCUT2D eigenvalue weighted by atomic mass is 10.2. The second-order valence-corrected chi connectivity index (χ2v) is 3.46. The normalized spacial score (nSPS) is 14.4. The molecule has 0 radical (unpaired) electrons. The van der Waals surface area contributed by atoms with Gasteiger partial charge in [-0.1, -0.05) is 6.92 Å². The van der Waals surface area contributed by atoms with Gasteiger partial charge in [0.25, 0.3) is 0 Å². The van der Waals surface area contributed by atoms with Crippen molar-refractivity contribution in [2.24, 2.45) is 0 Å². The zero-order chi connectivity index (χ0) is 10.8. The van der Waals surface area contributed by atoms with Gasteiger partial charge in [0.2, 0.25) is 0 Å². The van der Waals surface area contributed by atoms with Gasteiger partial charge in [0.15, 0.2) is 10.7 Å². The Hall–Kier alpha value is -0.490. The van der Waals surface area contributed by atoms with Crippen LogP contribution in [0.4, 0.5) is 13.2 Å². The van der Waals surface area contributed by atoms with E-state index in [4.69, 9.17) is 4.42 Å². The molecule has 1 rings (SSSR count). The van der Waals surface area contributed by atoms with E-state index in [9.17, 15) is 13.2 Å². The topological polar surface area (TPSA) is 25.2 Å². The summed E-state index contributed by atoms with van der Waals surface area (Å²) < 4.78 is 42.5. The van der Waals surface area contributed by atoms with E-state index in [1.165, 1.54) is 12.1 Å². The van der Waals surface area contributed by atoms with Gasteiger partial charge in [-0.3, -0.25) is 0 Å². The summed E-state index contributed by atoms with van der Waals surface area (Å²) in [6, 6.07) is 0.995. The molecule has 0 saturated heterocycles. The standard InChI is InChI=1S/C8H9BrF3NO/c1-2-13-7(8(10,11)12)5-3-4-6(9)14-5/h3-4,7,13H,2H2,1H3. The number of nitrogens with one attached hydrogen (secondary N) is 1. The van der Waals surface area contributed by atoms with E-state index in [0.29, 0.717) is 4.67 Å². The van der Waals surface area contributed by atoms with Crippen molar-refractivity contribution in [2.75, 3.05) is 6.54 Å². The summed E-state index contributed by atoms with van der Waals surface area (Å²) in [5.41, 5.74) is 0. The molecule has 1 aromatic rings. The lowest BCUT2D eigenvalue weighted by Gasteiger charge is -2.18. The molecular weight excluding hydrogens is 263 g/mol. The molecule has 0 aromatic carbocycles. The van der Waals surface area contributed by atoms with Gasteiger partial charge in [0.05, 0.1) is 0 Å². The number of hydrogen-bond acceptors (Lipinski definition) is 2. The minimum absolute atomic E-state index is 0.133. The molecule has 2 nitrogen and oxygen atoms in total. The molecule has 80 valence electrons. The van der Waals surface area contributed by atoms with Crippen molar-refractivity contribution >= 4 is 15.9 Å². The summed E-state index contributed by atoms with van der Waals surface area (Å²) in [6.45, 7) is 1.83. The van der Waals surface area contributed by atoms with Crippen LogP contribution in [0, 0.1) is 0 Å². The van der Waals surface area contributed by atoms with Gasteiger partial charge in [-0.15, -0.1) is 0 Å². The van der Waals surface area contributed by atoms with Crippen LogP contribution in [0.3, 0.4) is 0 Å². The summed E-state index contributed by atoms with van der Waals surface area (Å²) in [4.78, 5) is 0. The Morgan fingerprint density at radius 1 is 1.50 bits per heavy atom. The second-order valence-electron chi connectivity index (χ2n) is 2.67. The highest BCUT2D eigenvalue weighted by Crippen LogP contribution is 2.34. The summed E-state index contributed by atoms with van der Waals surface area (Å²) in [5, 5.41) is 2.31. The number of furan rings is 1. The Balaban J connectivity index is 2.88. The minimum atomic E-state index is -4.34. The molecule has 0 spiro atoms. The maximum atomic E-state index is 12.5. The van der Waals surface area contributed by atoms with E-state index in [2.05, 4.69) is 21.2 Å². The van der Waals surface area contributed by atoms with Crippen LogP contribution >= 0.6 is 15.9 Å². The van der Waals surface area contributed by atoms with Gasteiger partial charge < -0.3 is 9.73 Å². The third-order valence-corrected chi connectivity index (χ3v) is 2.04. The molecule has 0 amide bonds. The van der Waals surface area contributed by atoms with Crippen molar-refractivity contribution in [1.29, 1.82) is 0 Å². The zero-order valence-electron chi connectivity index (χ0n) is 7.36. The molecule has 6 heteroatoms. The van der Waals surface area contributed by atoms with Crippen molar-refractivity contribution in [3.63, 3.8) is 0 Å². The van der Waals surface area contributed by atoms with Crippen LogP contribution in [-0.2, 0) is 0 Å². The Morgan fingerprint density at radius 2 is 2.14 bits per heavy atom. The SMILES string of the molecule is CCNC(c1ccc(Br)o1)C(F)(F)F. The quantitative estimate of drug-likeness (QED) is 0.913. The summed E-state index contributed by atoms with van der Waals surface area (Å²) >= 11 is 2.96. The summed E-state index contributed by atoms with van der Waals surface area (Å²) in [6.07, 6.45) is -4.34. The molecule has 0 fully saturated rings. The molecule has 14 heavy (non-hydrogen) atoms. The highest BCUT2D eigenvalue weighted by atomic mass is 79.9. The number of alkyl halides is 3. The first kappa shape index (κ1) is 11.6. The van der Waals surface area contributed by atoms with Crippen molar-refractivity contribution in [2.45, 2.75) is 19.1 Å². The predicted octanol–water partition coefficient (Wildman–Crippen LogP) is 3.26. The molecule has 1 heterocycles. The van der Waals surface area contributed by atoms with Crippen molar-refractivity contribution in [1.82, 2.24) is 5.32 Å². The van der Waals surface area contributed by atoms with Gasteiger partial charge in [0.1, 0.15) is 5.76 Å². The smallest absolute Gasteiger partial charge is 0.410 e. The molecule has 1 N–H and O–H groups in total. The molecule has 0 bridgehead atoms. The third-order valence-electron chi connectivity index (χ3n) is 1.61. The molecule has 1 atom stereocenters. The van der Waals surface area contributed by atoms with Crippen LogP contribution in [0.25, 0.3) is 0 Å². The highest BCUT2D eigenvalue weighted by Gasteiger charge is 2.42. The number of halogens is 4. The molecule has 1 aromatic heterocycles. The van der Waals surface area contributed by atoms with Crippen LogP contribution in [-0.4, -0.2) is 12.7 Å². The first-order valence-corrected chi connectivity index (χ1v) is 4.79. The van der Waals surface area contributed by atoms with E-state index in [1.54, 1.807) is 6.92 Å². The van der Waals surface area contributed by atoms with Crippen molar-refractivity contribution in [3.8, 4) is 0 Å². The number of rotatable bonds is 3. The van der Waals surface area contributed by atoms with Gasteiger partial charge >= 0.3 is 6.18 Å². The van der Waals surface area contributed by atoms with Crippen LogP contribution in [0.2, 0.25) is 0 Å². The van der Waals surface area contributed by atoms with E-state index < -0.39 is 12.2 Å². The minimum Gasteiger partial charge on any atom is -0.452 e. The third kappa shape index (κ3) is 2.75. The first-order valence-electron chi connectivity index (χ1n) is 4.00. The zero-order valence-corrected chi connectivity index (χ0v) is 8.95. The molecule has 0 saturated carbocycles. The highest BCUT2D eigenvalue weighted by molar-refractivity contribution is 9.10. The van der Waals surface area contributed by atoms with Gasteiger partial charge in [0, 0.05) is 0 Å². The Bertz CT molecular complexity index is 297. The van der Waals surface area contributed by atoms with E-state index >= 15 is 0 Å².